The van der Waals surface area contributed by atoms with Crippen molar-refractivity contribution in [3.63, 3.8) is 0 Å². The van der Waals surface area contributed by atoms with Gasteiger partial charge in [0.05, 0.1) is 5.92 Å². The fourth-order valence-corrected chi connectivity index (χ4v) is 3.49. The summed E-state index contributed by atoms with van der Waals surface area (Å²) >= 11 is 0. The molecule has 0 aromatic carbocycles. The van der Waals surface area contributed by atoms with E-state index in [4.69, 9.17) is 5.11 Å². The van der Waals surface area contributed by atoms with Crippen molar-refractivity contribution in [2.75, 3.05) is 13.1 Å². The summed E-state index contributed by atoms with van der Waals surface area (Å²) in [7, 11) is 0. The van der Waals surface area contributed by atoms with Crippen LogP contribution in [0.4, 0.5) is 4.79 Å². The third kappa shape index (κ3) is 3.64. The lowest BCUT2D eigenvalue weighted by Crippen LogP contribution is -2.50. The quantitative estimate of drug-likeness (QED) is 0.832. The zero-order chi connectivity index (χ0) is 14.5. The van der Waals surface area contributed by atoms with Gasteiger partial charge < -0.3 is 15.3 Å². The van der Waals surface area contributed by atoms with Gasteiger partial charge in [-0.25, -0.2) is 4.79 Å². The van der Waals surface area contributed by atoms with Gasteiger partial charge in [-0.1, -0.05) is 19.8 Å². The van der Waals surface area contributed by atoms with Crippen LogP contribution in [0.1, 0.15) is 51.9 Å². The van der Waals surface area contributed by atoms with Crippen LogP contribution >= 0.6 is 0 Å². The standard InChI is InChI=1S/C15H26N2O3/c1-2-13(11-5-3-4-6-11)16-15(20)17-9-7-12(8-10-17)14(18)19/h11-13H,2-10H2,1H3,(H,16,20)(H,18,19). The van der Waals surface area contributed by atoms with Crippen LogP contribution in [0.2, 0.25) is 0 Å². The zero-order valence-electron chi connectivity index (χ0n) is 12.3. The SMILES string of the molecule is CCC(NC(=O)N1CCC(C(=O)O)CC1)C1CCCC1. The van der Waals surface area contributed by atoms with Crippen molar-refractivity contribution in [2.24, 2.45) is 11.8 Å². The van der Waals surface area contributed by atoms with Crippen molar-refractivity contribution in [2.45, 2.75) is 57.9 Å². The fourth-order valence-electron chi connectivity index (χ4n) is 3.49. The molecule has 0 radical (unpaired) electrons. The normalized spacial score (nSPS) is 22.8. The molecule has 2 N–H and O–H groups in total. The number of likely N-dealkylation sites (tertiary alicyclic amines) is 1. The summed E-state index contributed by atoms with van der Waals surface area (Å²) in [6, 6.07) is 0.273. The van der Waals surface area contributed by atoms with Crippen LogP contribution in [0, 0.1) is 11.8 Å². The molecule has 114 valence electrons. The van der Waals surface area contributed by atoms with Crippen LogP contribution in [0.15, 0.2) is 0 Å². The molecule has 2 rings (SSSR count). The number of nitrogens with zero attached hydrogens (tertiary/aromatic N) is 1. The van der Waals surface area contributed by atoms with E-state index in [1.807, 2.05) is 0 Å². The lowest BCUT2D eigenvalue weighted by atomic mass is 9.95. The summed E-state index contributed by atoms with van der Waals surface area (Å²) < 4.78 is 0. The molecule has 0 spiro atoms. The highest BCUT2D eigenvalue weighted by molar-refractivity contribution is 5.75. The Balaban J connectivity index is 1.80. The van der Waals surface area contributed by atoms with Crippen molar-refractivity contribution in [1.82, 2.24) is 10.2 Å². The molecule has 20 heavy (non-hydrogen) atoms. The minimum absolute atomic E-state index is 0.00686. The molecule has 2 amide bonds. The summed E-state index contributed by atoms with van der Waals surface area (Å²) in [6.07, 6.45) is 7.12. The Morgan fingerprint density at radius 3 is 2.30 bits per heavy atom. The van der Waals surface area contributed by atoms with Crippen molar-refractivity contribution in [3.05, 3.63) is 0 Å². The van der Waals surface area contributed by atoms with E-state index in [0.29, 0.717) is 31.8 Å². The molecule has 1 saturated carbocycles. The van der Waals surface area contributed by atoms with E-state index in [1.54, 1.807) is 4.90 Å². The second-order valence-corrected chi connectivity index (χ2v) is 6.11. The largest absolute Gasteiger partial charge is 0.481 e. The van der Waals surface area contributed by atoms with E-state index in [9.17, 15) is 9.59 Å². The maximum absolute atomic E-state index is 12.3. The minimum Gasteiger partial charge on any atom is -0.481 e. The monoisotopic (exact) mass is 282 g/mol. The van der Waals surface area contributed by atoms with Gasteiger partial charge in [-0.3, -0.25) is 4.79 Å². The maximum Gasteiger partial charge on any atom is 0.317 e. The first-order chi connectivity index (χ1) is 9.61. The summed E-state index contributed by atoms with van der Waals surface area (Å²) in [5.41, 5.74) is 0. The van der Waals surface area contributed by atoms with Gasteiger partial charge in [-0.05, 0) is 38.0 Å². The summed E-state index contributed by atoms with van der Waals surface area (Å²) in [6.45, 7) is 3.24. The molecule has 0 aromatic rings. The average molecular weight is 282 g/mol. The van der Waals surface area contributed by atoms with Gasteiger partial charge in [0.1, 0.15) is 0 Å². The van der Waals surface area contributed by atoms with E-state index >= 15 is 0 Å². The molecule has 5 heteroatoms. The molecule has 1 unspecified atom stereocenters. The number of piperidine rings is 1. The van der Waals surface area contributed by atoms with Gasteiger partial charge in [0.2, 0.25) is 0 Å². The van der Waals surface area contributed by atoms with Gasteiger partial charge >= 0.3 is 12.0 Å². The Morgan fingerprint density at radius 1 is 1.20 bits per heavy atom. The predicted octanol–water partition coefficient (Wildman–Crippen LogP) is 2.46. The number of hydrogen-bond donors (Lipinski definition) is 2. The first-order valence-electron chi connectivity index (χ1n) is 7.90. The highest BCUT2D eigenvalue weighted by atomic mass is 16.4. The van der Waals surface area contributed by atoms with Crippen LogP contribution in [0.3, 0.4) is 0 Å². The number of carbonyl (C=O) groups excluding carboxylic acids is 1. The van der Waals surface area contributed by atoms with Crippen molar-refractivity contribution in [3.8, 4) is 0 Å². The number of nitrogens with one attached hydrogen (secondary N) is 1. The number of hydrogen-bond acceptors (Lipinski definition) is 2. The van der Waals surface area contributed by atoms with E-state index < -0.39 is 5.97 Å². The van der Waals surface area contributed by atoms with E-state index in [1.165, 1.54) is 25.7 Å². The van der Waals surface area contributed by atoms with Crippen molar-refractivity contribution >= 4 is 12.0 Å². The van der Waals surface area contributed by atoms with Crippen molar-refractivity contribution in [1.29, 1.82) is 0 Å². The Labute approximate surface area is 120 Å². The van der Waals surface area contributed by atoms with E-state index in [0.717, 1.165) is 6.42 Å². The highest BCUT2D eigenvalue weighted by Crippen LogP contribution is 2.29. The average Bonchev–Trinajstić information content (AvgIpc) is 2.98. The molecule has 1 saturated heterocycles. The van der Waals surface area contributed by atoms with Gasteiger partial charge in [0, 0.05) is 19.1 Å². The van der Waals surface area contributed by atoms with Crippen LogP contribution in [0.25, 0.3) is 0 Å². The Bertz CT molecular complexity index is 345. The second kappa shape index (κ2) is 6.95. The van der Waals surface area contributed by atoms with E-state index in [-0.39, 0.29) is 18.0 Å². The van der Waals surface area contributed by atoms with Gasteiger partial charge in [0.25, 0.3) is 0 Å². The smallest absolute Gasteiger partial charge is 0.317 e. The first kappa shape index (κ1) is 15.1. The number of aliphatic carboxylic acids is 1. The molecular formula is C15H26N2O3. The summed E-state index contributed by atoms with van der Waals surface area (Å²) in [4.78, 5) is 25.0. The number of amides is 2. The summed E-state index contributed by atoms with van der Waals surface area (Å²) in [5, 5.41) is 12.1. The second-order valence-electron chi connectivity index (χ2n) is 6.11. The number of carboxylic acid groups (broad SMARTS) is 1. The zero-order valence-corrected chi connectivity index (χ0v) is 12.3. The Kier molecular flexibility index (Phi) is 5.26. The van der Waals surface area contributed by atoms with Crippen LogP contribution in [0.5, 0.6) is 0 Å². The molecular weight excluding hydrogens is 256 g/mol. The fraction of sp³-hybridized carbons (Fsp3) is 0.867. The van der Waals surface area contributed by atoms with Crippen LogP contribution in [-0.4, -0.2) is 41.1 Å². The van der Waals surface area contributed by atoms with Gasteiger partial charge in [-0.2, -0.15) is 0 Å². The molecule has 0 aromatic heterocycles. The molecule has 2 fully saturated rings. The van der Waals surface area contributed by atoms with Crippen LogP contribution in [-0.2, 0) is 4.79 Å². The highest BCUT2D eigenvalue weighted by Gasteiger charge is 2.30. The molecule has 2 aliphatic rings. The third-order valence-corrected chi connectivity index (χ3v) is 4.85. The molecule has 5 nitrogen and oxygen atoms in total. The Hall–Kier alpha value is -1.26. The Morgan fingerprint density at radius 2 is 1.80 bits per heavy atom. The van der Waals surface area contributed by atoms with Crippen LogP contribution < -0.4 is 5.32 Å². The third-order valence-electron chi connectivity index (χ3n) is 4.85. The summed E-state index contributed by atoms with van der Waals surface area (Å²) in [5.74, 6) is -0.390. The molecule has 0 bridgehead atoms. The molecule has 1 aliphatic heterocycles. The molecule has 1 aliphatic carbocycles. The van der Waals surface area contributed by atoms with Crippen molar-refractivity contribution < 1.29 is 14.7 Å². The first-order valence-corrected chi connectivity index (χ1v) is 7.90. The lowest BCUT2D eigenvalue weighted by Gasteiger charge is -2.33. The minimum atomic E-state index is -0.734. The van der Waals surface area contributed by atoms with E-state index in [2.05, 4.69) is 12.2 Å². The number of carbonyl (C=O) groups is 2. The lowest BCUT2D eigenvalue weighted by molar-refractivity contribution is -0.143. The van der Waals surface area contributed by atoms with Gasteiger partial charge in [-0.15, -0.1) is 0 Å². The number of urea groups is 1. The number of rotatable bonds is 4. The predicted molar refractivity (Wildman–Crippen MR) is 76.5 cm³/mol. The number of carboxylic acids is 1. The maximum atomic E-state index is 12.3. The van der Waals surface area contributed by atoms with Gasteiger partial charge in [0.15, 0.2) is 0 Å². The molecule has 1 atom stereocenters. The topological polar surface area (TPSA) is 69.6 Å². The molecule has 1 heterocycles.